The van der Waals surface area contributed by atoms with Gasteiger partial charge < -0.3 is 14.6 Å². The van der Waals surface area contributed by atoms with E-state index in [0.29, 0.717) is 23.8 Å². The summed E-state index contributed by atoms with van der Waals surface area (Å²) in [6.45, 7) is 9.51. The molecular formula is C29H36N6O2S. The average molecular weight is 533 g/mol. The van der Waals surface area contributed by atoms with Gasteiger partial charge in [0, 0.05) is 18.2 Å². The van der Waals surface area contributed by atoms with Crippen LogP contribution in [0.2, 0.25) is 0 Å². The Morgan fingerprint density at radius 1 is 1.05 bits per heavy atom. The molecule has 0 radical (unpaired) electrons. The lowest BCUT2D eigenvalue weighted by Gasteiger charge is -2.19. The smallest absolute Gasteiger partial charge is 0.273 e. The van der Waals surface area contributed by atoms with E-state index in [1.54, 1.807) is 0 Å². The highest BCUT2D eigenvalue weighted by molar-refractivity contribution is 7.98. The van der Waals surface area contributed by atoms with Crippen molar-refractivity contribution >= 4 is 17.7 Å². The molecule has 0 spiro atoms. The van der Waals surface area contributed by atoms with Crippen LogP contribution in [0, 0.1) is 0 Å². The van der Waals surface area contributed by atoms with Crippen molar-refractivity contribution in [3.63, 3.8) is 0 Å². The first-order valence-corrected chi connectivity index (χ1v) is 14.2. The van der Waals surface area contributed by atoms with Crippen LogP contribution in [0.4, 0.5) is 0 Å². The second kappa shape index (κ2) is 13.9. The van der Waals surface area contributed by atoms with Gasteiger partial charge in [-0.05, 0) is 57.1 Å². The number of aromatic nitrogens is 4. The zero-order valence-electron chi connectivity index (χ0n) is 22.3. The van der Waals surface area contributed by atoms with Crippen molar-refractivity contribution in [2.75, 3.05) is 19.6 Å². The first-order chi connectivity index (χ1) is 18.6. The van der Waals surface area contributed by atoms with Crippen LogP contribution in [-0.4, -0.2) is 56.2 Å². The van der Waals surface area contributed by atoms with Gasteiger partial charge in [-0.15, -0.1) is 10.2 Å². The van der Waals surface area contributed by atoms with E-state index < -0.39 is 0 Å². The molecule has 38 heavy (non-hydrogen) atoms. The average Bonchev–Trinajstić information content (AvgIpc) is 3.58. The molecule has 2 aromatic heterocycles. The molecule has 4 rings (SSSR count). The van der Waals surface area contributed by atoms with Gasteiger partial charge in [0.1, 0.15) is 12.1 Å². The Bertz CT molecular complexity index is 1270. The molecule has 1 unspecified atom stereocenters. The molecule has 2 aromatic carbocycles. The van der Waals surface area contributed by atoms with Crippen LogP contribution in [0.3, 0.4) is 0 Å². The van der Waals surface area contributed by atoms with Gasteiger partial charge in [-0.25, -0.2) is 4.98 Å². The zero-order chi connectivity index (χ0) is 26.7. The van der Waals surface area contributed by atoms with Crippen LogP contribution in [0.15, 0.2) is 76.5 Å². The van der Waals surface area contributed by atoms with Crippen LogP contribution >= 0.6 is 11.8 Å². The van der Waals surface area contributed by atoms with E-state index >= 15 is 0 Å². The highest BCUT2D eigenvalue weighted by Crippen LogP contribution is 2.26. The molecule has 2 heterocycles. The quantitative estimate of drug-likeness (QED) is 0.218. The van der Waals surface area contributed by atoms with Gasteiger partial charge in [-0.3, -0.25) is 9.36 Å². The van der Waals surface area contributed by atoms with Crippen molar-refractivity contribution in [3.05, 3.63) is 89.9 Å². The van der Waals surface area contributed by atoms with E-state index in [2.05, 4.69) is 55.9 Å². The summed E-state index contributed by atoms with van der Waals surface area (Å²) in [4.78, 5) is 19.5. The van der Waals surface area contributed by atoms with Gasteiger partial charge in [0.25, 0.3) is 5.91 Å². The number of amides is 1. The maximum Gasteiger partial charge on any atom is 0.273 e. The van der Waals surface area contributed by atoms with E-state index in [-0.39, 0.29) is 11.9 Å². The number of oxazole rings is 1. The third-order valence-electron chi connectivity index (χ3n) is 6.41. The number of thioether (sulfide) groups is 1. The number of benzene rings is 2. The monoisotopic (exact) mass is 532 g/mol. The highest BCUT2D eigenvalue weighted by atomic mass is 32.2. The van der Waals surface area contributed by atoms with Crippen molar-refractivity contribution in [2.45, 2.75) is 57.0 Å². The fourth-order valence-electron chi connectivity index (χ4n) is 4.26. The van der Waals surface area contributed by atoms with Gasteiger partial charge in [-0.1, -0.05) is 74.1 Å². The van der Waals surface area contributed by atoms with Crippen LogP contribution in [0.5, 0.6) is 0 Å². The summed E-state index contributed by atoms with van der Waals surface area (Å²) < 4.78 is 7.69. The van der Waals surface area contributed by atoms with Gasteiger partial charge in [0.15, 0.2) is 10.9 Å². The fourth-order valence-corrected chi connectivity index (χ4v) is 5.09. The Morgan fingerprint density at radius 2 is 1.76 bits per heavy atom. The third kappa shape index (κ3) is 7.55. The summed E-state index contributed by atoms with van der Waals surface area (Å²) >= 11 is 1.48. The Balaban J connectivity index is 1.37. The van der Waals surface area contributed by atoms with Crippen LogP contribution < -0.4 is 5.32 Å². The van der Waals surface area contributed by atoms with Crippen molar-refractivity contribution in [2.24, 2.45) is 0 Å². The Kier molecular flexibility index (Phi) is 10.1. The summed E-state index contributed by atoms with van der Waals surface area (Å²) in [6.07, 6.45) is 4.05. The molecule has 4 aromatic rings. The summed E-state index contributed by atoms with van der Waals surface area (Å²) in [5.74, 6) is 1.55. The van der Waals surface area contributed by atoms with Crippen molar-refractivity contribution in [3.8, 4) is 5.69 Å². The molecule has 200 valence electrons. The topological polar surface area (TPSA) is 89.1 Å². The lowest BCUT2D eigenvalue weighted by Crippen LogP contribution is -2.33. The summed E-state index contributed by atoms with van der Waals surface area (Å²) in [5, 5.41) is 12.7. The number of carbonyl (C=O) groups excluding carboxylic acids is 1. The molecule has 1 N–H and O–H groups in total. The number of nitrogens with one attached hydrogen (secondary N) is 1. The SMILES string of the molecule is CCN(CC)CCCC(C)NC(=O)c1coc(CSc2nnc(Cc3ccccc3)n2-c2ccccc2)n1. The Hall–Kier alpha value is -3.43. The minimum atomic E-state index is -0.210. The lowest BCUT2D eigenvalue weighted by atomic mass is 10.1. The lowest BCUT2D eigenvalue weighted by molar-refractivity contribution is 0.0932. The molecule has 8 nitrogen and oxygen atoms in total. The molecule has 1 atom stereocenters. The Labute approximate surface area is 228 Å². The molecule has 0 aliphatic carbocycles. The predicted octanol–water partition coefficient (Wildman–Crippen LogP) is 5.38. The van der Waals surface area contributed by atoms with Gasteiger partial charge in [-0.2, -0.15) is 0 Å². The second-order valence-electron chi connectivity index (χ2n) is 9.19. The third-order valence-corrected chi connectivity index (χ3v) is 7.33. The molecule has 1 amide bonds. The summed E-state index contributed by atoms with van der Waals surface area (Å²) in [5.41, 5.74) is 2.46. The van der Waals surface area contributed by atoms with E-state index in [0.717, 1.165) is 49.1 Å². The van der Waals surface area contributed by atoms with Gasteiger partial charge in [0.05, 0.1) is 5.75 Å². The number of rotatable bonds is 14. The van der Waals surface area contributed by atoms with E-state index in [1.165, 1.54) is 23.6 Å². The summed E-state index contributed by atoms with van der Waals surface area (Å²) in [6, 6.07) is 20.4. The highest BCUT2D eigenvalue weighted by Gasteiger charge is 2.18. The molecule has 0 bridgehead atoms. The number of para-hydroxylation sites is 1. The fraction of sp³-hybridized carbons (Fsp3) is 0.379. The molecular weight excluding hydrogens is 496 g/mol. The number of hydrogen-bond donors (Lipinski definition) is 1. The maximum absolute atomic E-state index is 12.7. The second-order valence-corrected chi connectivity index (χ2v) is 10.1. The maximum atomic E-state index is 12.7. The van der Waals surface area contributed by atoms with E-state index in [4.69, 9.17) is 4.42 Å². The van der Waals surface area contributed by atoms with E-state index in [1.807, 2.05) is 55.5 Å². The number of carbonyl (C=O) groups is 1. The van der Waals surface area contributed by atoms with Crippen LogP contribution in [0.1, 0.15) is 61.4 Å². The van der Waals surface area contributed by atoms with Crippen LogP contribution in [-0.2, 0) is 12.2 Å². The van der Waals surface area contributed by atoms with E-state index in [9.17, 15) is 4.79 Å². The zero-order valence-corrected chi connectivity index (χ0v) is 23.2. The first kappa shape index (κ1) is 27.6. The molecule has 0 saturated heterocycles. The minimum absolute atomic E-state index is 0.0695. The normalized spacial score (nSPS) is 12.1. The van der Waals surface area contributed by atoms with Gasteiger partial charge in [0.2, 0.25) is 5.89 Å². The van der Waals surface area contributed by atoms with Crippen LogP contribution in [0.25, 0.3) is 5.69 Å². The number of nitrogens with zero attached hydrogens (tertiary/aromatic N) is 5. The molecule has 0 saturated carbocycles. The standard InChI is InChI=1S/C29H36N6O2S/c1-4-34(5-2)18-12-13-22(3)30-28(36)25-20-37-27(31-25)21-38-29-33-32-26(19-23-14-8-6-9-15-23)35(29)24-16-10-7-11-17-24/h6-11,14-17,20,22H,4-5,12-13,18-19,21H2,1-3H3,(H,30,36). The number of hydrogen-bond acceptors (Lipinski definition) is 7. The predicted molar refractivity (Wildman–Crippen MR) is 151 cm³/mol. The van der Waals surface area contributed by atoms with Gasteiger partial charge >= 0.3 is 0 Å². The van der Waals surface area contributed by atoms with Crippen molar-refractivity contribution < 1.29 is 9.21 Å². The molecule has 9 heteroatoms. The first-order valence-electron chi connectivity index (χ1n) is 13.2. The molecule has 0 aliphatic heterocycles. The minimum Gasteiger partial charge on any atom is -0.447 e. The van der Waals surface area contributed by atoms with Crippen molar-refractivity contribution in [1.82, 2.24) is 30.0 Å². The Morgan fingerprint density at radius 3 is 2.47 bits per heavy atom. The molecule has 0 fully saturated rings. The largest absolute Gasteiger partial charge is 0.447 e. The summed E-state index contributed by atoms with van der Waals surface area (Å²) in [7, 11) is 0. The van der Waals surface area contributed by atoms with Crippen molar-refractivity contribution in [1.29, 1.82) is 0 Å². The molecule has 0 aliphatic rings.